The molecule has 2 heterocycles. The van der Waals surface area contributed by atoms with Crippen molar-refractivity contribution in [2.45, 2.75) is 69.6 Å². The molecule has 0 radical (unpaired) electrons. The minimum absolute atomic E-state index is 0.265. The summed E-state index contributed by atoms with van der Waals surface area (Å²) in [5.41, 5.74) is 0. The molecular weight excluding hydrogens is 242 g/mol. The van der Waals surface area contributed by atoms with E-state index < -0.39 is 5.97 Å². The van der Waals surface area contributed by atoms with Crippen molar-refractivity contribution in [2.24, 2.45) is 5.92 Å². The largest absolute Gasteiger partial charge is 0.480 e. The predicted octanol–water partition coefficient (Wildman–Crippen LogP) is 2.27. The predicted molar refractivity (Wildman–Crippen MR) is 72.1 cm³/mol. The normalized spacial score (nSPS) is 34.9. The van der Waals surface area contributed by atoms with Gasteiger partial charge in [-0.05, 0) is 51.0 Å². The monoisotopic (exact) mass is 267 g/mol. The van der Waals surface area contributed by atoms with Crippen molar-refractivity contribution in [3.63, 3.8) is 0 Å². The van der Waals surface area contributed by atoms with Gasteiger partial charge in [-0.3, -0.25) is 9.69 Å². The van der Waals surface area contributed by atoms with Crippen LogP contribution >= 0.6 is 0 Å². The van der Waals surface area contributed by atoms with Crippen LogP contribution in [0.15, 0.2) is 0 Å². The van der Waals surface area contributed by atoms with Crippen LogP contribution in [0.3, 0.4) is 0 Å². The zero-order valence-corrected chi connectivity index (χ0v) is 11.6. The third-order valence-electron chi connectivity index (χ3n) is 5.19. The van der Waals surface area contributed by atoms with Gasteiger partial charge in [-0.2, -0.15) is 0 Å². The summed E-state index contributed by atoms with van der Waals surface area (Å²) in [6.45, 7) is 1.80. The summed E-state index contributed by atoms with van der Waals surface area (Å²) in [5.74, 6) is -0.253. The first-order chi connectivity index (χ1) is 9.27. The van der Waals surface area contributed by atoms with Gasteiger partial charge in [0.15, 0.2) is 0 Å². The van der Waals surface area contributed by atoms with E-state index in [1.807, 2.05) is 0 Å². The fourth-order valence-electron chi connectivity index (χ4n) is 4.35. The molecule has 0 unspecified atom stereocenters. The maximum atomic E-state index is 11.8. The molecule has 1 aliphatic carbocycles. The maximum Gasteiger partial charge on any atom is 0.321 e. The third kappa shape index (κ3) is 2.65. The number of ether oxygens (including phenoxy) is 1. The van der Waals surface area contributed by atoms with Crippen molar-refractivity contribution >= 4 is 5.97 Å². The number of rotatable bonds is 4. The average molecular weight is 267 g/mol. The Hall–Kier alpha value is -0.610. The fraction of sp³-hybridized carbons (Fsp3) is 0.933. The highest BCUT2D eigenvalue weighted by Gasteiger charge is 2.43. The molecule has 2 aliphatic heterocycles. The summed E-state index contributed by atoms with van der Waals surface area (Å²) < 4.78 is 5.83. The lowest BCUT2D eigenvalue weighted by Gasteiger charge is -2.36. The van der Waals surface area contributed by atoms with E-state index in [9.17, 15) is 9.90 Å². The van der Waals surface area contributed by atoms with E-state index in [1.54, 1.807) is 0 Å². The van der Waals surface area contributed by atoms with Gasteiger partial charge in [0.05, 0.1) is 6.10 Å². The molecule has 3 fully saturated rings. The molecule has 3 rings (SSSR count). The Kier molecular flexibility index (Phi) is 4.08. The summed E-state index contributed by atoms with van der Waals surface area (Å²) in [6.07, 6.45) is 9.35. The van der Waals surface area contributed by atoms with Crippen molar-refractivity contribution in [2.75, 3.05) is 13.2 Å². The number of hydrogen-bond donors (Lipinski definition) is 1. The Labute approximate surface area is 115 Å². The van der Waals surface area contributed by atoms with Crippen molar-refractivity contribution in [3.05, 3.63) is 0 Å². The van der Waals surface area contributed by atoms with Crippen LogP contribution < -0.4 is 0 Å². The van der Waals surface area contributed by atoms with E-state index >= 15 is 0 Å². The molecule has 2 saturated heterocycles. The minimum atomic E-state index is -0.614. The lowest BCUT2D eigenvalue weighted by atomic mass is 9.94. The molecule has 3 atom stereocenters. The van der Waals surface area contributed by atoms with E-state index in [0.29, 0.717) is 12.0 Å². The zero-order valence-electron chi connectivity index (χ0n) is 11.6. The van der Waals surface area contributed by atoms with Gasteiger partial charge in [0.2, 0.25) is 0 Å². The van der Waals surface area contributed by atoms with Crippen LogP contribution in [0, 0.1) is 5.92 Å². The molecule has 4 heteroatoms. The van der Waals surface area contributed by atoms with Gasteiger partial charge in [0.1, 0.15) is 6.04 Å². The first-order valence-electron chi connectivity index (χ1n) is 7.87. The number of nitrogens with zero attached hydrogens (tertiary/aromatic N) is 1. The van der Waals surface area contributed by atoms with E-state index in [-0.39, 0.29) is 12.1 Å². The zero-order chi connectivity index (χ0) is 13.2. The second kappa shape index (κ2) is 5.80. The van der Waals surface area contributed by atoms with E-state index in [2.05, 4.69) is 4.90 Å². The van der Waals surface area contributed by atoms with Crippen molar-refractivity contribution in [1.82, 2.24) is 4.90 Å². The number of hydrogen-bond acceptors (Lipinski definition) is 3. The van der Waals surface area contributed by atoms with Gasteiger partial charge in [-0.25, -0.2) is 0 Å². The standard InChI is InChI=1S/C15H25NO3/c17-15(18)14(11-5-1-2-6-11)16-9-3-7-12(16)13-8-4-10-19-13/h11-14H,1-10H2,(H,17,18)/t12-,13+,14+/m1/s1. The van der Waals surface area contributed by atoms with E-state index in [4.69, 9.17) is 4.74 Å². The molecule has 0 aromatic rings. The van der Waals surface area contributed by atoms with Crippen LogP contribution in [-0.4, -0.2) is 47.3 Å². The highest BCUT2D eigenvalue weighted by Crippen LogP contribution is 2.36. The molecule has 1 N–H and O–H groups in total. The summed E-state index contributed by atoms with van der Waals surface area (Å²) in [5, 5.41) is 9.67. The van der Waals surface area contributed by atoms with Crippen molar-refractivity contribution < 1.29 is 14.6 Å². The van der Waals surface area contributed by atoms with Crippen LogP contribution in [0.2, 0.25) is 0 Å². The number of aliphatic carboxylic acids is 1. The molecule has 3 aliphatic rings. The van der Waals surface area contributed by atoms with Crippen molar-refractivity contribution in [3.8, 4) is 0 Å². The van der Waals surface area contributed by atoms with Crippen molar-refractivity contribution in [1.29, 1.82) is 0 Å². The van der Waals surface area contributed by atoms with Gasteiger partial charge in [-0.1, -0.05) is 12.8 Å². The Morgan fingerprint density at radius 3 is 2.53 bits per heavy atom. The highest BCUT2D eigenvalue weighted by atomic mass is 16.5. The molecule has 0 aromatic heterocycles. The second-order valence-electron chi connectivity index (χ2n) is 6.33. The Morgan fingerprint density at radius 1 is 1.11 bits per heavy atom. The number of carbonyl (C=O) groups is 1. The Morgan fingerprint density at radius 2 is 1.89 bits per heavy atom. The Balaban J connectivity index is 1.74. The quantitative estimate of drug-likeness (QED) is 0.849. The lowest BCUT2D eigenvalue weighted by Crippen LogP contribution is -2.51. The maximum absolute atomic E-state index is 11.8. The molecular formula is C15H25NO3. The molecule has 0 amide bonds. The topological polar surface area (TPSA) is 49.8 Å². The SMILES string of the molecule is O=C(O)[C@H](C1CCCC1)N1CCC[C@@H]1[C@@H]1CCCO1. The third-order valence-corrected chi connectivity index (χ3v) is 5.19. The molecule has 0 aromatic carbocycles. The highest BCUT2D eigenvalue weighted by molar-refractivity contribution is 5.74. The summed E-state index contributed by atoms with van der Waals surface area (Å²) in [7, 11) is 0. The van der Waals surface area contributed by atoms with Gasteiger partial charge in [0.25, 0.3) is 0 Å². The van der Waals surface area contributed by atoms with E-state index in [1.165, 1.54) is 12.8 Å². The second-order valence-corrected chi connectivity index (χ2v) is 6.33. The molecule has 1 saturated carbocycles. The van der Waals surface area contributed by atoms with Crippen LogP contribution in [0.4, 0.5) is 0 Å². The molecule has 19 heavy (non-hydrogen) atoms. The number of likely N-dealkylation sites (tertiary alicyclic amines) is 1. The molecule has 0 spiro atoms. The first kappa shape index (κ1) is 13.4. The van der Waals surface area contributed by atoms with E-state index in [0.717, 1.165) is 51.7 Å². The van der Waals surface area contributed by atoms with Gasteiger partial charge in [-0.15, -0.1) is 0 Å². The molecule has 108 valence electrons. The molecule has 4 nitrogen and oxygen atoms in total. The lowest BCUT2D eigenvalue weighted by molar-refractivity contribution is -0.147. The summed E-state index contributed by atoms with van der Waals surface area (Å²) in [6, 6.07) is 0.0865. The fourth-order valence-corrected chi connectivity index (χ4v) is 4.35. The summed E-state index contributed by atoms with van der Waals surface area (Å²) >= 11 is 0. The minimum Gasteiger partial charge on any atom is -0.480 e. The first-order valence-corrected chi connectivity index (χ1v) is 7.87. The van der Waals surface area contributed by atoms with Crippen LogP contribution in [0.5, 0.6) is 0 Å². The van der Waals surface area contributed by atoms with Crippen LogP contribution in [0.25, 0.3) is 0 Å². The van der Waals surface area contributed by atoms with Crippen LogP contribution in [0.1, 0.15) is 51.4 Å². The van der Waals surface area contributed by atoms with Gasteiger partial charge in [0, 0.05) is 12.6 Å². The summed E-state index contributed by atoms with van der Waals surface area (Å²) in [4.78, 5) is 14.0. The number of carboxylic acid groups (broad SMARTS) is 1. The molecule has 0 bridgehead atoms. The Bertz CT molecular complexity index is 321. The smallest absolute Gasteiger partial charge is 0.321 e. The average Bonchev–Trinajstić information content (AvgIpc) is 3.11. The van der Waals surface area contributed by atoms with Crippen LogP contribution in [-0.2, 0) is 9.53 Å². The number of carboxylic acids is 1. The van der Waals surface area contributed by atoms with Gasteiger partial charge < -0.3 is 9.84 Å². The van der Waals surface area contributed by atoms with Gasteiger partial charge >= 0.3 is 5.97 Å².